The summed E-state index contributed by atoms with van der Waals surface area (Å²) in [7, 11) is 1.81. The molecule has 1 aliphatic rings. The van der Waals surface area contributed by atoms with Crippen LogP contribution in [-0.2, 0) is 4.79 Å². The fourth-order valence-electron chi connectivity index (χ4n) is 2.25. The average Bonchev–Trinajstić information content (AvgIpc) is 2.42. The third-order valence-electron chi connectivity index (χ3n) is 3.20. The number of halogens is 1. The number of carbonyl (C=O) groups excluding carboxylic acids is 1. The van der Waals surface area contributed by atoms with E-state index in [0.29, 0.717) is 6.42 Å². The van der Waals surface area contributed by atoms with Crippen LogP contribution in [0.5, 0.6) is 0 Å². The van der Waals surface area contributed by atoms with E-state index in [4.69, 9.17) is 5.73 Å². The SMILES string of the molecule is CN1C(=O)CCCC(N)C1c1ccc(Br)cn1. The highest BCUT2D eigenvalue weighted by atomic mass is 79.9. The van der Waals surface area contributed by atoms with Crippen molar-refractivity contribution in [3.63, 3.8) is 0 Å². The minimum atomic E-state index is -0.113. The zero-order chi connectivity index (χ0) is 12.4. The number of hydrogen-bond acceptors (Lipinski definition) is 3. The molecule has 17 heavy (non-hydrogen) atoms. The van der Waals surface area contributed by atoms with Gasteiger partial charge in [-0.1, -0.05) is 0 Å². The van der Waals surface area contributed by atoms with Gasteiger partial charge >= 0.3 is 0 Å². The largest absolute Gasteiger partial charge is 0.336 e. The smallest absolute Gasteiger partial charge is 0.222 e. The van der Waals surface area contributed by atoms with Gasteiger partial charge in [0.2, 0.25) is 5.91 Å². The Balaban J connectivity index is 2.32. The van der Waals surface area contributed by atoms with E-state index in [1.165, 1.54) is 0 Å². The summed E-state index contributed by atoms with van der Waals surface area (Å²) in [6.45, 7) is 0. The first kappa shape index (κ1) is 12.5. The van der Waals surface area contributed by atoms with Crippen molar-refractivity contribution in [2.24, 2.45) is 5.73 Å². The number of hydrogen-bond donors (Lipinski definition) is 1. The molecular formula is C12H16BrN3O. The normalized spacial score (nSPS) is 25.8. The number of carbonyl (C=O) groups is 1. The van der Waals surface area contributed by atoms with E-state index in [9.17, 15) is 4.79 Å². The second-order valence-electron chi connectivity index (χ2n) is 4.41. The molecular weight excluding hydrogens is 282 g/mol. The topological polar surface area (TPSA) is 59.2 Å². The molecule has 5 heteroatoms. The number of likely N-dealkylation sites (tertiary alicyclic amines) is 1. The van der Waals surface area contributed by atoms with Crippen LogP contribution < -0.4 is 5.73 Å². The molecule has 0 bridgehead atoms. The van der Waals surface area contributed by atoms with Gasteiger partial charge in [0, 0.05) is 30.2 Å². The predicted molar refractivity (Wildman–Crippen MR) is 69.3 cm³/mol. The van der Waals surface area contributed by atoms with Gasteiger partial charge in [-0.15, -0.1) is 0 Å². The fourth-order valence-corrected chi connectivity index (χ4v) is 2.48. The standard InChI is InChI=1S/C12H16BrN3O/c1-16-11(17)4-2-3-9(14)12(16)10-6-5-8(13)7-15-10/h5-7,9,12H,2-4,14H2,1H3. The fraction of sp³-hybridized carbons (Fsp3) is 0.500. The molecule has 1 aliphatic heterocycles. The van der Waals surface area contributed by atoms with Gasteiger partial charge in [-0.2, -0.15) is 0 Å². The minimum absolute atomic E-state index is 0.0416. The van der Waals surface area contributed by atoms with Crippen LogP contribution in [0.4, 0.5) is 0 Å². The Bertz CT molecular complexity index is 407. The van der Waals surface area contributed by atoms with Crippen LogP contribution in [0.25, 0.3) is 0 Å². The molecule has 1 saturated heterocycles. The van der Waals surface area contributed by atoms with Crippen molar-refractivity contribution in [3.05, 3.63) is 28.5 Å². The summed E-state index contributed by atoms with van der Waals surface area (Å²) in [4.78, 5) is 17.9. The van der Waals surface area contributed by atoms with E-state index in [1.807, 2.05) is 19.2 Å². The molecule has 2 N–H and O–H groups in total. The van der Waals surface area contributed by atoms with Gasteiger partial charge in [0.25, 0.3) is 0 Å². The van der Waals surface area contributed by atoms with Crippen LogP contribution >= 0.6 is 15.9 Å². The van der Waals surface area contributed by atoms with Gasteiger partial charge < -0.3 is 10.6 Å². The van der Waals surface area contributed by atoms with Gasteiger partial charge in [0.15, 0.2) is 0 Å². The van der Waals surface area contributed by atoms with Gasteiger partial charge in [0.05, 0.1) is 11.7 Å². The zero-order valence-corrected chi connectivity index (χ0v) is 11.4. The van der Waals surface area contributed by atoms with E-state index in [0.717, 1.165) is 23.0 Å². The maximum absolute atomic E-state index is 11.8. The molecule has 1 aromatic heterocycles. The predicted octanol–water partition coefficient (Wildman–Crippen LogP) is 1.85. The van der Waals surface area contributed by atoms with Gasteiger partial charge in [-0.3, -0.25) is 9.78 Å². The summed E-state index contributed by atoms with van der Waals surface area (Å²) in [5.74, 6) is 0.146. The monoisotopic (exact) mass is 297 g/mol. The lowest BCUT2D eigenvalue weighted by molar-refractivity contribution is -0.131. The summed E-state index contributed by atoms with van der Waals surface area (Å²) in [6.07, 6.45) is 4.04. The van der Waals surface area contributed by atoms with E-state index in [1.54, 1.807) is 11.1 Å². The summed E-state index contributed by atoms with van der Waals surface area (Å²) in [6, 6.07) is 3.69. The molecule has 2 rings (SSSR count). The molecule has 0 saturated carbocycles. The number of likely N-dealkylation sites (N-methyl/N-ethyl adjacent to an activating group) is 1. The lowest BCUT2D eigenvalue weighted by Crippen LogP contribution is -2.40. The zero-order valence-electron chi connectivity index (χ0n) is 9.77. The first-order valence-corrected chi connectivity index (χ1v) is 6.51. The Hall–Kier alpha value is -0.940. The Kier molecular flexibility index (Phi) is 3.79. The second-order valence-corrected chi connectivity index (χ2v) is 5.32. The highest BCUT2D eigenvalue weighted by Gasteiger charge is 2.31. The van der Waals surface area contributed by atoms with Crippen molar-refractivity contribution in [1.82, 2.24) is 9.88 Å². The van der Waals surface area contributed by atoms with Crippen molar-refractivity contribution in [3.8, 4) is 0 Å². The van der Waals surface area contributed by atoms with Crippen molar-refractivity contribution in [1.29, 1.82) is 0 Å². The lowest BCUT2D eigenvalue weighted by atomic mass is 10.0. The summed E-state index contributed by atoms with van der Waals surface area (Å²) in [5.41, 5.74) is 7.02. The highest BCUT2D eigenvalue weighted by Crippen LogP contribution is 2.28. The molecule has 1 aromatic rings. The summed E-state index contributed by atoms with van der Waals surface area (Å²) < 4.78 is 0.928. The Morgan fingerprint density at radius 3 is 2.94 bits per heavy atom. The molecule has 1 amide bonds. The molecule has 0 aliphatic carbocycles. The number of rotatable bonds is 1. The first-order valence-electron chi connectivity index (χ1n) is 5.72. The van der Waals surface area contributed by atoms with Crippen LogP contribution in [0.3, 0.4) is 0 Å². The molecule has 92 valence electrons. The lowest BCUT2D eigenvalue weighted by Gasteiger charge is -2.29. The Labute approximate surface area is 109 Å². The molecule has 2 atom stereocenters. The van der Waals surface area contributed by atoms with E-state index in [-0.39, 0.29) is 18.0 Å². The Morgan fingerprint density at radius 1 is 1.53 bits per heavy atom. The molecule has 2 unspecified atom stereocenters. The summed E-state index contributed by atoms with van der Waals surface area (Å²) in [5, 5.41) is 0. The van der Waals surface area contributed by atoms with Crippen molar-refractivity contribution in [2.45, 2.75) is 31.3 Å². The quantitative estimate of drug-likeness (QED) is 0.861. The average molecular weight is 298 g/mol. The van der Waals surface area contributed by atoms with E-state index >= 15 is 0 Å². The van der Waals surface area contributed by atoms with Crippen LogP contribution in [0.15, 0.2) is 22.8 Å². The number of aromatic nitrogens is 1. The third kappa shape index (κ3) is 2.66. The molecule has 0 aromatic carbocycles. The number of nitrogens with zero attached hydrogens (tertiary/aromatic N) is 2. The molecule has 0 radical (unpaired) electrons. The van der Waals surface area contributed by atoms with Gasteiger partial charge in [-0.25, -0.2) is 0 Å². The molecule has 1 fully saturated rings. The van der Waals surface area contributed by atoms with Gasteiger partial charge in [-0.05, 0) is 40.9 Å². The second kappa shape index (κ2) is 5.14. The highest BCUT2D eigenvalue weighted by molar-refractivity contribution is 9.10. The van der Waals surface area contributed by atoms with Crippen LogP contribution in [-0.4, -0.2) is 28.9 Å². The van der Waals surface area contributed by atoms with Crippen molar-refractivity contribution in [2.75, 3.05) is 7.05 Å². The minimum Gasteiger partial charge on any atom is -0.336 e. The number of nitrogens with two attached hydrogens (primary N) is 1. The van der Waals surface area contributed by atoms with Crippen LogP contribution in [0.2, 0.25) is 0 Å². The van der Waals surface area contributed by atoms with Crippen LogP contribution in [0, 0.1) is 0 Å². The maximum Gasteiger partial charge on any atom is 0.222 e. The third-order valence-corrected chi connectivity index (χ3v) is 3.67. The number of pyridine rings is 1. The summed E-state index contributed by atoms with van der Waals surface area (Å²) >= 11 is 3.35. The van der Waals surface area contributed by atoms with Gasteiger partial charge in [0.1, 0.15) is 0 Å². The van der Waals surface area contributed by atoms with E-state index < -0.39 is 0 Å². The molecule has 4 nitrogen and oxygen atoms in total. The Morgan fingerprint density at radius 2 is 2.29 bits per heavy atom. The maximum atomic E-state index is 11.8. The van der Waals surface area contributed by atoms with Crippen LogP contribution in [0.1, 0.15) is 31.0 Å². The first-order chi connectivity index (χ1) is 8.09. The molecule has 2 heterocycles. The number of amides is 1. The van der Waals surface area contributed by atoms with Crippen molar-refractivity contribution < 1.29 is 4.79 Å². The van der Waals surface area contributed by atoms with E-state index in [2.05, 4.69) is 20.9 Å². The molecule has 0 spiro atoms. The van der Waals surface area contributed by atoms with Crippen molar-refractivity contribution >= 4 is 21.8 Å².